The first-order valence-electron chi connectivity index (χ1n) is 6.05. The van der Waals surface area contributed by atoms with E-state index in [1.54, 1.807) is 0 Å². The minimum atomic E-state index is 0. The molecule has 1 heterocycles. The summed E-state index contributed by atoms with van der Waals surface area (Å²) in [6, 6.07) is 20.6. The van der Waals surface area contributed by atoms with E-state index in [4.69, 9.17) is 0 Å². The van der Waals surface area contributed by atoms with E-state index in [1.165, 1.54) is 5.56 Å². The summed E-state index contributed by atoms with van der Waals surface area (Å²) >= 11 is 0. The van der Waals surface area contributed by atoms with Crippen molar-refractivity contribution in [3.8, 4) is 0 Å². The van der Waals surface area contributed by atoms with Gasteiger partial charge >= 0.3 is 0 Å². The predicted octanol–water partition coefficient (Wildman–Crippen LogP) is 4.27. The zero-order valence-corrected chi connectivity index (χ0v) is 11.2. The highest BCUT2D eigenvalue weighted by Crippen LogP contribution is 2.21. The largest absolute Gasteiger partial charge is 0.379 e. The molecule has 3 rings (SSSR count). The topological polar surface area (TPSA) is 24.9 Å². The highest BCUT2D eigenvalue weighted by molar-refractivity contribution is 5.90. The maximum Gasteiger partial charge on any atom is 0.0933 e. The zero-order valence-electron chi connectivity index (χ0n) is 10.4. The second kappa shape index (κ2) is 6.21. The summed E-state index contributed by atoms with van der Waals surface area (Å²) in [5, 5.41) is 4.60. The molecule has 3 aromatic rings. The summed E-state index contributed by atoms with van der Waals surface area (Å²) in [5.74, 6) is 0. The first kappa shape index (κ1) is 13.4. The van der Waals surface area contributed by atoms with Crippen LogP contribution in [0.4, 0.5) is 5.69 Å². The fraction of sp³-hybridized carbons (Fsp3) is 0.0625. The lowest BCUT2D eigenvalue weighted by Crippen LogP contribution is -2.00. The first-order chi connectivity index (χ1) is 8.93. The Kier molecular flexibility index (Phi) is 4.37. The van der Waals surface area contributed by atoms with E-state index in [2.05, 4.69) is 58.8 Å². The van der Waals surface area contributed by atoms with Gasteiger partial charge in [0.15, 0.2) is 0 Å². The fourth-order valence-corrected chi connectivity index (χ4v) is 2.04. The number of benzene rings is 2. The van der Waals surface area contributed by atoms with E-state index in [0.29, 0.717) is 0 Å². The Morgan fingerprint density at radius 1 is 0.842 bits per heavy atom. The first-order valence-corrected chi connectivity index (χ1v) is 6.05. The van der Waals surface area contributed by atoms with Gasteiger partial charge in [-0.2, -0.15) is 0 Å². The van der Waals surface area contributed by atoms with Gasteiger partial charge in [0.05, 0.1) is 11.2 Å². The van der Waals surface area contributed by atoms with Gasteiger partial charge in [-0.1, -0.05) is 48.5 Å². The van der Waals surface area contributed by atoms with Gasteiger partial charge in [-0.15, -0.1) is 12.4 Å². The molecule has 0 radical (unpaired) electrons. The smallest absolute Gasteiger partial charge is 0.0933 e. The van der Waals surface area contributed by atoms with Crippen molar-refractivity contribution in [3.05, 3.63) is 72.4 Å². The summed E-state index contributed by atoms with van der Waals surface area (Å²) in [5.41, 5.74) is 3.37. The van der Waals surface area contributed by atoms with E-state index in [1.807, 2.05) is 18.3 Å². The molecule has 0 saturated carbocycles. The van der Waals surface area contributed by atoms with Crippen LogP contribution in [0.15, 0.2) is 66.9 Å². The molecule has 0 bridgehead atoms. The lowest BCUT2D eigenvalue weighted by Gasteiger charge is -2.08. The van der Waals surface area contributed by atoms with Crippen LogP contribution in [0.3, 0.4) is 0 Å². The van der Waals surface area contributed by atoms with Crippen LogP contribution in [0, 0.1) is 0 Å². The number of nitrogens with zero attached hydrogens (tertiary/aromatic N) is 1. The molecule has 0 amide bonds. The molecule has 0 aliphatic heterocycles. The maximum absolute atomic E-state index is 4.43. The molecule has 96 valence electrons. The molecule has 2 aromatic carbocycles. The van der Waals surface area contributed by atoms with Crippen molar-refractivity contribution < 1.29 is 0 Å². The van der Waals surface area contributed by atoms with Crippen molar-refractivity contribution in [1.82, 2.24) is 4.98 Å². The number of hydrogen-bond donors (Lipinski definition) is 1. The third-order valence-electron chi connectivity index (χ3n) is 2.96. The van der Waals surface area contributed by atoms with Gasteiger partial charge in [0.25, 0.3) is 0 Å². The number of halogens is 1. The highest BCUT2D eigenvalue weighted by atomic mass is 35.5. The molecule has 0 aliphatic rings. The monoisotopic (exact) mass is 270 g/mol. The van der Waals surface area contributed by atoms with Crippen LogP contribution in [-0.2, 0) is 6.54 Å². The Hall–Kier alpha value is -2.06. The number of nitrogens with one attached hydrogen (secondary N) is 1. The molecular formula is C16H15ClN2. The minimum absolute atomic E-state index is 0. The summed E-state index contributed by atoms with van der Waals surface area (Å²) in [4.78, 5) is 4.43. The molecule has 2 nitrogen and oxygen atoms in total. The Balaban J connectivity index is 0.00000133. The normalized spacial score (nSPS) is 9.89. The van der Waals surface area contributed by atoms with E-state index < -0.39 is 0 Å². The molecule has 0 atom stereocenters. The zero-order chi connectivity index (χ0) is 12.2. The van der Waals surface area contributed by atoms with Gasteiger partial charge in [0.2, 0.25) is 0 Å². The van der Waals surface area contributed by atoms with E-state index >= 15 is 0 Å². The van der Waals surface area contributed by atoms with Gasteiger partial charge in [0, 0.05) is 18.1 Å². The Bertz CT molecular complexity index is 648. The van der Waals surface area contributed by atoms with Gasteiger partial charge in [-0.3, -0.25) is 4.98 Å². The average Bonchev–Trinajstić information content (AvgIpc) is 2.46. The van der Waals surface area contributed by atoms with Crippen LogP contribution in [0.1, 0.15) is 5.56 Å². The third-order valence-corrected chi connectivity index (χ3v) is 2.96. The molecule has 0 aliphatic carbocycles. The molecule has 1 aromatic heterocycles. The van der Waals surface area contributed by atoms with Crippen molar-refractivity contribution in [2.75, 3.05) is 5.32 Å². The maximum atomic E-state index is 4.43. The summed E-state index contributed by atoms with van der Waals surface area (Å²) in [7, 11) is 0. The summed E-state index contributed by atoms with van der Waals surface area (Å²) in [6.45, 7) is 0.816. The Morgan fingerprint density at radius 3 is 2.47 bits per heavy atom. The summed E-state index contributed by atoms with van der Waals surface area (Å²) in [6.07, 6.45) is 1.83. The lowest BCUT2D eigenvalue weighted by atomic mass is 10.1. The van der Waals surface area contributed by atoms with Crippen molar-refractivity contribution in [1.29, 1.82) is 0 Å². The number of rotatable bonds is 3. The molecule has 0 saturated heterocycles. The van der Waals surface area contributed by atoms with Crippen molar-refractivity contribution in [3.63, 3.8) is 0 Å². The average molecular weight is 271 g/mol. The molecule has 0 spiro atoms. The lowest BCUT2D eigenvalue weighted by molar-refractivity contribution is 1.15. The molecule has 1 N–H and O–H groups in total. The van der Waals surface area contributed by atoms with E-state index in [0.717, 1.165) is 23.1 Å². The number of pyridine rings is 1. The standard InChI is InChI=1S/C16H14N2.ClH/c1-2-6-13(7-3-1)12-18-15-10-4-8-14-9-5-11-17-16(14)15;/h1-11,18H,12H2;1H. The van der Waals surface area contributed by atoms with Crippen molar-refractivity contribution in [2.45, 2.75) is 6.54 Å². The van der Waals surface area contributed by atoms with Crippen LogP contribution in [0.2, 0.25) is 0 Å². The van der Waals surface area contributed by atoms with Gasteiger partial charge in [-0.05, 0) is 17.7 Å². The van der Waals surface area contributed by atoms with Gasteiger partial charge in [-0.25, -0.2) is 0 Å². The molecular weight excluding hydrogens is 256 g/mol. The Morgan fingerprint density at radius 2 is 1.63 bits per heavy atom. The van der Waals surface area contributed by atoms with Gasteiger partial charge in [0.1, 0.15) is 0 Å². The van der Waals surface area contributed by atoms with Gasteiger partial charge < -0.3 is 5.32 Å². The van der Waals surface area contributed by atoms with Crippen LogP contribution in [-0.4, -0.2) is 4.98 Å². The Labute approximate surface area is 118 Å². The molecule has 0 fully saturated rings. The second-order valence-corrected chi connectivity index (χ2v) is 4.22. The molecule has 19 heavy (non-hydrogen) atoms. The number of anilines is 1. The number of para-hydroxylation sites is 1. The minimum Gasteiger partial charge on any atom is -0.379 e. The van der Waals surface area contributed by atoms with E-state index in [9.17, 15) is 0 Å². The third kappa shape index (κ3) is 3.04. The van der Waals surface area contributed by atoms with Crippen molar-refractivity contribution >= 4 is 29.0 Å². The fourth-order valence-electron chi connectivity index (χ4n) is 2.04. The predicted molar refractivity (Wildman–Crippen MR) is 82.8 cm³/mol. The van der Waals surface area contributed by atoms with Crippen LogP contribution >= 0.6 is 12.4 Å². The van der Waals surface area contributed by atoms with Crippen LogP contribution in [0.5, 0.6) is 0 Å². The highest BCUT2D eigenvalue weighted by Gasteiger charge is 2.00. The SMILES string of the molecule is Cl.c1ccc(CNc2cccc3cccnc23)cc1. The van der Waals surface area contributed by atoms with Crippen molar-refractivity contribution in [2.24, 2.45) is 0 Å². The number of fused-ring (bicyclic) bond motifs is 1. The molecule has 3 heteroatoms. The molecule has 0 unspecified atom stereocenters. The quantitative estimate of drug-likeness (QED) is 0.769. The van der Waals surface area contributed by atoms with Crippen LogP contribution < -0.4 is 5.32 Å². The summed E-state index contributed by atoms with van der Waals surface area (Å²) < 4.78 is 0. The second-order valence-electron chi connectivity index (χ2n) is 4.22. The number of hydrogen-bond acceptors (Lipinski definition) is 2. The van der Waals surface area contributed by atoms with E-state index in [-0.39, 0.29) is 12.4 Å². The van der Waals surface area contributed by atoms with Crippen LogP contribution in [0.25, 0.3) is 10.9 Å². The number of aromatic nitrogens is 1.